The molecule has 3 rings (SSSR count). The number of benzene rings is 2. The molecule has 2 nitrogen and oxygen atoms in total. The molecule has 1 unspecified atom stereocenters. The topological polar surface area (TPSA) is 23.5 Å². The Bertz CT molecular complexity index is 612. The Morgan fingerprint density at radius 3 is 1.96 bits per heavy atom. The van der Waals surface area contributed by atoms with Crippen LogP contribution >= 0.6 is 0 Å². The number of aliphatic hydroxyl groups is 1. The van der Waals surface area contributed by atoms with Crippen LogP contribution in [0.3, 0.4) is 0 Å². The lowest BCUT2D eigenvalue weighted by Gasteiger charge is -2.40. The number of anilines is 1. The highest BCUT2D eigenvalue weighted by atomic mass is 16.3. The molecule has 2 aromatic rings. The van der Waals surface area contributed by atoms with E-state index in [1.165, 1.54) is 23.2 Å². The summed E-state index contributed by atoms with van der Waals surface area (Å²) in [6.45, 7) is 0. The molecular formula is C21H27NO. The van der Waals surface area contributed by atoms with Crippen molar-refractivity contribution in [2.45, 2.75) is 43.6 Å². The van der Waals surface area contributed by atoms with Crippen LogP contribution in [-0.4, -0.2) is 24.8 Å². The van der Waals surface area contributed by atoms with Crippen molar-refractivity contribution in [3.8, 4) is 0 Å². The molecule has 1 saturated carbocycles. The Morgan fingerprint density at radius 2 is 1.39 bits per heavy atom. The summed E-state index contributed by atoms with van der Waals surface area (Å²) in [5.41, 5.74) is 3.00. The maximum Gasteiger partial charge on any atom is 0.0756 e. The van der Waals surface area contributed by atoms with Crippen LogP contribution < -0.4 is 4.90 Å². The summed E-state index contributed by atoms with van der Waals surface area (Å²) in [5.74, 6) is 0.0558. The van der Waals surface area contributed by atoms with Gasteiger partial charge >= 0.3 is 0 Å². The summed E-state index contributed by atoms with van der Waals surface area (Å²) >= 11 is 0. The highest BCUT2D eigenvalue weighted by Crippen LogP contribution is 2.43. The van der Waals surface area contributed by atoms with E-state index >= 15 is 0 Å². The van der Waals surface area contributed by atoms with Crippen molar-refractivity contribution >= 4 is 5.69 Å². The van der Waals surface area contributed by atoms with Gasteiger partial charge in [-0.05, 0) is 36.1 Å². The minimum Gasteiger partial charge on any atom is -0.389 e. The molecule has 1 fully saturated rings. The molecule has 0 aromatic heterocycles. The maximum atomic E-state index is 11.4. The molecule has 23 heavy (non-hydrogen) atoms. The standard InChI is InChI=1S/C21H27NO/c1-22(2)19-13-11-18(12-14-19)20(17-9-5-3-6-10-17)21(23)15-7-4-8-16-21/h3,5-6,9-14,20,23H,4,7-8,15-16H2,1-2H3. The molecule has 0 bridgehead atoms. The molecule has 1 atom stereocenters. The molecular weight excluding hydrogens is 282 g/mol. The van der Waals surface area contributed by atoms with Crippen LogP contribution in [0, 0.1) is 0 Å². The van der Waals surface area contributed by atoms with Crippen LogP contribution in [0.1, 0.15) is 49.1 Å². The van der Waals surface area contributed by atoms with E-state index in [0.717, 1.165) is 25.7 Å². The fraction of sp³-hybridized carbons (Fsp3) is 0.429. The average Bonchev–Trinajstić information content (AvgIpc) is 2.57. The Labute approximate surface area is 139 Å². The summed E-state index contributed by atoms with van der Waals surface area (Å²) in [7, 11) is 4.11. The number of nitrogens with zero attached hydrogens (tertiary/aromatic N) is 1. The van der Waals surface area contributed by atoms with Crippen LogP contribution in [0.25, 0.3) is 0 Å². The SMILES string of the molecule is CN(C)c1ccc(C(c2ccccc2)C2(O)CCCCC2)cc1. The summed E-state index contributed by atoms with van der Waals surface area (Å²) < 4.78 is 0. The largest absolute Gasteiger partial charge is 0.389 e. The number of hydrogen-bond donors (Lipinski definition) is 1. The minimum absolute atomic E-state index is 0.0558. The van der Waals surface area contributed by atoms with E-state index in [-0.39, 0.29) is 5.92 Å². The molecule has 1 aliphatic carbocycles. The molecule has 1 N–H and O–H groups in total. The van der Waals surface area contributed by atoms with Gasteiger partial charge in [-0.15, -0.1) is 0 Å². The minimum atomic E-state index is -0.626. The third-order valence-electron chi connectivity index (χ3n) is 5.13. The van der Waals surface area contributed by atoms with E-state index in [4.69, 9.17) is 0 Å². The molecule has 0 aliphatic heterocycles. The lowest BCUT2D eigenvalue weighted by Crippen LogP contribution is -2.39. The lowest BCUT2D eigenvalue weighted by molar-refractivity contribution is -0.0110. The summed E-state index contributed by atoms with van der Waals surface area (Å²) in [6.07, 6.45) is 5.26. The molecule has 0 amide bonds. The Balaban J connectivity index is 2.01. The Kier molecular flexibility index (Phi) is 4.72. The predicted octanol–water partition coefficient (Wildman–Crippen LogP) is 4.58. The summed E-state index contributed by atoms with van der Waals surface area (Å²) in [4.78, 5) is 2.11. The first-order chi connectivity index (χ1) is 11.1. The van der Waals surface area contributed by atoms with Gasteiger partial charge in [-0.3, -0.25) is 0 Å². The monoisotopic (exact) mass is 309 g/mol. The normalized spacial score (nSPS) is 18.4. The van der Waals surface area contributed by atoms with Gasteiger partial charge in [0.2, 0.25) is 0 Å². The summed E-state index contributed by atoms with van der Waals surface area (Å²) in [6, 6.07) is 19.1. The van der Waals surface area contributed by atoms with Gasteiger partial charge in [0.05, 0.1) is 5.60 Å². The smallest absolute Gasteiger partial charge is 0.0756 e. The fourth-order valence-electron chi connectivity index (χ4n) is 3.88. The van der Waals surface area contributed by atoms with Crippen LogP contribution in [0.4, 0.5) is 5.69 Å². The Morgan fingerprint density at radius 1 is 0.826 bits per heavy atom. The quantitative estimate of drug-likeness (QED) is 0.893. The molecule has 0 heterocycles. The van der Waals surface area contributed by atoms with E-state index in [2.05, 4.69) is 67.5 Å². The number of hydrogen-bond acceptors (Lipinski definition) is 2. The van der Waals surface area contributed by atoms with Gasteiger partial charge < -0.3 is 10.0 Å². The third-order valence-corrected chi connectivity index (χ3v) is 5.13. The van der Waals surface area contributed by atoms with Crippen molar-refractivity contribution in [2.75, 3.05) is 19.0 Å². The van der Waals surface area contributed by atoms with E-state index in [1.54, 1.807) is 0 Å². The molecule has 1 aliphatic rings. The second-order valence-corrected chi connectivity index (χ2v) is 6.99. The van der Waals surface area contributed by atoms with Crippen molar-refractivity contribution in [1.29, 1.82) is 0 Å². The Hall–Kier alpha value is -1.80. The molecule has 2 heteroatoms. The zero-order valence-corrected chi connectivity index (χ0v) is 14.2. The van der Waals surface area contributed by atoms with Crippen molar-refractivity contribution in [1.82, 2.24) is 0 Å². The van der Waals surface area contributed by atoms with Crippen LogP contribution in [-0.2, 0) is 0 Å². The van der Waals surface area contributed by atoms with Crippen molar-refractivity contribution in [3.05, 3.63) is 65.7 Å². The summed E-state index contributed by atoms with van der Waals surface area (Å²) in [5, 5.41) is 11.4. The van der Waals surface area contributed by atoms with Crippen LogP contribution in [0.2, 0.25) is 0 Å². The van der Waals surface area contributed by atoms with Crippen LogP contribution in [0.15, 0.2) is 54.6 Å². The first-order valence-corrected chi connectivity index (χ1v) is 8.65. The van der Waals surface area contributed by atoms with E-state index in [1.807, 2.05) is 6.07 Å². The van der Waals surface area contributed by atoms with Crippen molar-refractivity contribution in [2.24, 2.45) is 0 Å². The van der Waals surface area contributed by atoms with E-state index in [9.17, 15) is 5.11 Å². The first-order valence-electron chi connectivity index (χ1n) is 8.65. The highest BCUT2D eigenvalue weighted by molar-refractivity contribution is 5.48. The predicted molar refractivity (Wildman–Crippen MR) is 97.1 cm³/mol. The number of rotatable bonds is 4. The van der Waals surface area contributed by atoms with Gasteiger partial charge in [0.15, 0.2) is 0 Å². The fourth-order valence-corrected chi connectivity index (χ4v) is 3.88. The van der Waals surface area contributed by atoms with Gasteiger partial charge in [-0.25, -0.2) is 0 Å². The van der Waals surface area contributed by atoms with E-state index in [0.29, 0.717) is 0 Å². The zero-order valence-electron chi connectivity index (χ0n) is 14.2. The van der Waals surface area contributed by atoms with E-state index < -0.39 is 5.60 Å². The highest BCUT2D eigenvalue weighted by Gasteiger charge is 2.39. The van der Waals surface area contributed by atoms with Gasteiger partial charge in [-0.2, -0.15) is 0 Å². The molecule has 2 aromatic carbocycles. The van der Waals surface area contributed by atoms with Crippen LogP contribution in [0.5, 0.6) is 0 Å². The van der Waals surface area contributed by atoms with Crippen molar-refractivity contribution < 1.29 is 5.11 Å². The second kappa shape index (κ2) is 6.76. The molecule has 0 saturated heterocycles. The van der Waals surface area contributed by atoms with Gasteiger partial charge in [0.25, 0.3) is 0 Å². The molecule has 0 spiro atoms. The zero-order chi connectivity index (χ0) is 16.3. The third kappa shape index (κ3) is 3.42. The second-order valence-electron chi connectivity index (χ2n) is 6.99. The average molecular weight is 309 g/mol. The van der Waals surface area contributed by atoms with Gasteiger partial charge in [0, 0.05) is 25.7 Å². The molecule has 0 radical (unpaired) electrons. The first kappa shape index (κ1) is 16.1. The maximum absolute atomic E-state index is 11.4. The lowest BCUT2D eigenvalue weighted by atomic mass is 9.70. The van der Waals surface area contributed by atoms with Gasteiger partial charge in [-0.1, -0.05) is 61.7 Å². The molecule has 122 valence electrons. The van der Waals surface area contributed by atoms with Crippen molar-refractivity contribution in [3.63, 3.8) is 0 Å². The van der Waals surface area contributed by atoms with Gasteiger partial charge in [0.1, 0.15) is 0 Å².